The summed E-state index contributed by atoms with van der Waals surface area (Å²) in [5.74, 6) is 5.65. The van der Waals surface area contributed by atoms with Crippen molar-refractivity contribution in [1.29, 1.82) is 0 Å². The lowest BCUT2D eigenvalue weighted by Crippen LogP contribution is -2.11. The molecule has 1 amide bonds. The molecule has 0 atom stereocenters. The molecule has 2 aromatic rings. The van der Waals surface area contributed by atoms with Crippen LogP contribution in [-0.2, 0) is 0 Å². The molecular weight excluding hydrogens is 286 g/mol. The van der Waals surface area contributed by atoms with Gasteiger partial charge < -0.3 is 10.4 Å². The van der Waals surface area contributed by atoms with Crippen LogP contribution >= 0.6 is 11.5 Å². The summed E-state index contributed by atoms with van der Waals surface area (Å²) in [5, 5.41) is 15.4. The first-order valence-corrected chi connectivity index (χ1v) is 7.20. The number of anilines is 1. The topological polar surface area (TPSA) is 75.1 Å². The fourth-order valence-electron chi connectivity index (χ4n) is 1.68. The van der Waals surface area contributed by atoms with Crippen LogP contribution in [0.4, 0.5) is 5.69 Å². The average molecular weight is 301 g/mol. The fraction of sp³-hybridized carbons (Fsp3) is 0.267. The Hall–Kier alpha value is -2.23. The molecular formula is C15H15N3O2S. The van der Waals surface area contributed by atoms with Crippen LogP contribution in [-0.4, -0.2) is 27.2 Å². The first-order chi connectivity index (χ1) is 10.1. The van der Waals surface area contributed by atoms with Gasteiger partial charge in [0.1, 0.15) is 4.88 Å². The number of aliphatic hydroxyl groups is 1. The van der Waals surface area contributed by atoms with Crippen molar-refractivity contribution in [3.05, 3.63) is 39.9 Å². The number of amides is 1. The van der Waals surface area contributed by atoms with Crippen molar-refractivity contribution in [3.63, 3.8) is 0 Å². The van der Waals surface area contributed by atoms with E-state index >= 15 is 0 Å². The lowest BCUT2D eigenvalue weighted by Gasteiger charge is -2.06. The summed E-state index contributed by atoms with van der Waals surface area (Å²) in [4.78, 5) is 12.6. The molecule has 0 saturated heterocycles. The summed E-state index contributed by atoms with van der Waals surface area (Å²) in [6.07, 6.45) is 0.432. The van der Waals surface area contributed by atoms with Gasteiger partial charge >= 0.3 is 0 Å². The zero-order valence-corrected chi connectivity index (χ0v) is 12.6. The highest BCUT2D eigenvalue weighted by atomic mass is 32.1. The zero-order valence-electron chi connectivity index (χ0n) is 11.8. The first-order valence-electron chi connectivity index (χ1n) is 6.42. The van der Waals surface area contributed by atoms with Crippen LogP contribution in [0.15, 0.2) is 18.2 Å². The first kappa shape index (κ1) is 15.2. The number of benzene rings is 1. The molecule has 0 saturated carbocycles. The normalized spacial score (nSPS) is 9.86. The third-order valence-electron chi connectivity index (χ3n) is 2.81. The van der Waals surface area contributed by atoms with Gasteiger partial charge in [-0.25, -0.2) is 0 Å². The van der Waals surface area contributed by atoms with Gasteiger partial charge in [-0.3, -0.25) is 4.79 Å². The molecule has 21 heavy (non-hydrogen) atoms. The van der Waals surface area contributed by atoms with E-state index in [1.807, 2.05) is 25.1 Å². The predicted octanol–water partition coefficient (Wildman–Crippen LogP) is 2.14. The second-order valence-corrected chi connectivity index (χ2v) is 5.20. The van der Waals surface area contributed by atoms with Gasteiger partial charge in [-0.05, 0) is 43.1 Å². The Bertz CT molecular complexity index is 713. The van der Waals surface area contributed by atoms with E-state index in [-0.39, 0.29) is 12.5 Å². The lowest BCUT2D eigenvalue weighted by atomic mass is 10.1. The maximum atomic E-state index is 12.1. The van der Waals surface area contributed by atoms with Crippen molar-refractivity contribution in [3.8, 4) is 11.8 Å². The summed E-state index contributed by atoms with van der Waals surface area (Å²) in [7, 11) is 0. The molecule has 0 fully saturated rings. The Morgan fingerprint density at radius 1 is 1.43 bits per heavy atom. The number of carbonyl (C=O) groups is 1. The Morgan fingerprint density at radius 2 is 2.24 bits per heavy atom. The number of hydrogen-bond donors (Lipinski definition) is 2. The molecule has 1 aromatic carbocycles. The minimum Gasteiger partial charge on any atom is -0.395 e. The molecule has 6 heteroatoms. The Labute approximate surface area is 127 Å². The van der Waals surface area contributed by atoms with E-state index in [2.05, 4.69) is 26.7 Å². The van der Waals surface area contributed by atoms with Gasteiger partial charge in [-0.15, -0.1) is 5.10 Å². The number of nitrogens with one attached hydrogen (secondary N) is 1. The molecule has 0 radical (unpaired) electrons. The summed E-state index contributed by atoms with van der Waals surface area (Å²) in [5.41, 5.74) is 3.15. The van der Waals surface area contributed by atoms with Crippen LogP contribution in [0.5, 0.6) is 0 Å². The van der Waals surface area contributed by atoms with Crippen molar-refractivity contribution in [2.24, 2.45) is 0 Å². The monoisotopic (exact) mass is 301 g/mol. The fourth-order valence-corrected chi connectivity index (χ4v) is 2.23. The van der Waals surface area contributed by atoms with Crippen LogP contribution < -0.4 is 5.32 Å². The van der Waals surface area contributed by atoms with Gasteiger partial charge in [-0.1, -0.05) is 22.4 Å². The van der Waals surface area contributed by atoms with E-state index in [0.717, 1.165) is 22.7 Å². The van der Waals surface area contributed by atoms with Crippen molar-refractivity contribution in [2.75, 3.05) is 11.9 Å². The maximum Gasteiger partial charge on any atom is 0.269 e. The molecule has 0 aliphatic carbocycles. The summed E-state index contributed by atoms with van der Waals surface area (Å²) in [6.45, 7) is 3.74. The SMILES string of the molecule is Cc1ccc(NC(=O)c2snnc2C)cc1C#CCCO. The smallest absolute Gasteiger partial charge is 0.269 e. The number of carbonyl (C=O) groups excluding carboxylic acids is 1. The van der Waals surface area contributed by atoms with E-state index in [1.165, 1.54) is 0 Å². The number of aliphatic hydroxyl groups excluding tert-OH is 1. The molecule has 2 N–H and O–H groups in total. The summed E-state index contributed by atoms with van der Waals surface area (Å²) >= 11 is 1.07. The van der Waals surface area contributed by atoms with Crippen molar-refractivity contribution in [2.45, 2.75) is 20.3 Å². The molecule has 0 spiro atoms. The number of aromatic nitrogens is 2. The van der Waals surface area contributed by atoms with E-state index in [0.29, 0.717) is 22.7 Å². The van der Waals surface area contributed by atoms with E-state index in [4.69, 9.17) is 5.11 Å². The minimum absolute atomic E-state index is 0.0418. The molecule has 108 valence electrons. The number of nitrogens with zero attached hydrogens (tertiary/aromatic N) is 2. The zero-order chi connectivity index (χ0) is 15.2. The Balaban J connectivity index is 2.18. The number of rotatable bonds is 3. The van der Waals surface area contributed by atoms with E-state index < -0.39 is 0 Å². The van der Waals surface area contributed by atoms with Crippen LogP contribution in [0.3, 0.4) is 0 Å². The standard InChI is InChI=1S/C15H15N3O2S/c1-10-6-7-13(9-12(10)5-3-4-8-19)16-15(20)14-11(2)17-18-21-14/h6-7,9,19H,4,8H2,1-2H3,(H,16,20). The average Bonchev–Trinajstić information content (AvgIpc) is 2.89. The van der Waals surface area contributed by atoms with Crippen LogP contribution in [0.1, 0.15) is 32.9 Å². The third kappa shape index (κ3) is 3.88. The van der Waals surface area contributed by atoms with Gasteiger partial charge in [0.2, 0.25) is 0 Å². The molecule has 1 heterocycles. The second-order valence-electron chi connectivity index (χ2n) is 4.45. The van der Waals surface area contributed by atoms with Crippen molar-refractivity contribution < 1.29 is 9.90 Å². The quantitative estimate of drug-likeness (QED) is 0.852. The summed E-state index contributed by atoms with van der Waals surface area (Å²) in [6, 6.07) is 5.55. The molecule has 1 aromatic heterocycles. The highest BCUT2D eigenvalue weighted by molar-refractivity contribution is 7.08. The van der Waals surface area contributed by atoms with Crippen LogP contribution in [0, 0.1) is 25.7 Å². The Morgan fingerprint density at radius 3 is 2.90 bits per heavy atom. The number of aryl methyl sites for hydroxylation is 2. The number of hydrogen-bond acceptors (Lipinski definition) is 5. The van der Waals surface area contributed by atoms with Gasteiger partial charge in [0.25, 0.3) is 5.91 Å². The van der Waals surface area contributed by atoms with Gasteiger partial charge in [0.05, 0.1) is 12.3 Å². The molecule has 0 aliphatic heterocycles. The highest BCUT2D eigenvalue weighted by Gasteiger charge is 2.13. The molecule has 0 aliphatic rings. The molecule has 0 unspecified atom stereocenters. The van der Waals surface area contributed by atoms with E-state index in [9.17, 15) is 4.79 Å². The second kappa shape index (κ2) is 6.97. The van der Waals surface area contributed by atoms with Crippen LogP contribution in [0.25, 0.3) is 0 Å². The van der Waals surface area contributed by atoms with Gasteiger partial charge in [-0.2, -0.15) is 0 Å². The lowest BCUT2D eigenvalue weighted by molar-refractivity contribution is 0.103. The van der Waals surface area contributed by atoms with Crippen molar-refractivity contribution in [1.82, 2.24) is 9.59 Å². The van der Waals surface area contributed by atoms with Gasteiger partial charge in [0, 0.05) is 17.7 Å². The third-order valence-corrected chi connectivity index (χ3v) is 3.64. The largest absolute Gasteiger partial charge is 0.395 e. The Kier molecular flexibility index (Phi) is 5.04. The maximum absolute atomic E-state index is 12.1. The minimum atomic E-state index is -0.222. The van der Waals surface area contributed by atoms with Crippen LogP contribution in [0.2, 0.25) is 0 Å². The van der Waals surface area contributed by atoms with Crippen molar-refractivity contribution >= 4 is 23.1 Å². The summed E-state index contributed by atoms with van der Waals surface area (Å²) < 4.78 is 3.75. The molecule has 0 bridgehead atoms. The highest BCUT2D eigenvalue weighted by Crippen LogP contribution is 2.17. The van der Waals surface area contributed by atoms with Gasteiger partial charge in [0.15, 0.2) is 0 Å². The molecule has 5 nitrogen and oxygen atoms in total. The predicted molar refractivity (Wildman–Crippen MR) is 82.4 cm³/mol. The van der Waals surface area contributed by atoms with E-state index in [1.54, 1.807) is 6.92 Å². The molecule has 2 rings (SSSR count).